The fourth-order valence-electron chi connectivity index (χ4n) is 1.81. The summed E-state index contributed by atoms with van der Waals surface area (Å²) in [5.41, 5.74) is 0. The van der Waals surface area contributed by atoms with Gasteiger partial charge in [0.05, 0.1) is 0 Å². The third-order valence-corrected chi connectivity index (χ3v) is 4.06. The molecule has 1 aromatic carbocycles. The third-order valence-electron chi connectivity index (χ3n) is 2.62. The molecule has 1 fully saturated rings. The van der Waals surface area contributed by atoms with Crippen molar-refractivity contribution in [2.24, 2.45) is 0 Å². The number of hydrogen-bond donors (Lipinski definition) is 0. The summed E-state index contributed by atoms with van der Waals surface area (Å²) in [7, 11) is 0.972. The van der Waals surface area contributed by atoms with Gasteiger partial charge >= 0.3 is 0 Å². The Morgan fingerprint density at radius 2 is 2.00 bits per heavy atom. The predicted molar refractivity (Wildman–Crippen MR) is 55.4 cm³/mol. The number of benzene rings is 1. The van der Waals surface area contributed by atoms with Crippen LogP contribution < -0.4 is 0 Å². The van der Waals surface area contributed by atoms with Crippen LogP contribution in [0.25, 0.3) is 10.8 Å². The molecule has 1 unspecified atom stereocenters. The molecule has 0 amide bonds. The molecule has 2 aromatic rings. The van der Waals surface area contributed by atoms with Crippen LogP contribution in [-0.4, -0.2) is 0 Å². The second kappa shape index (κ2) is 2.37. The molecular formula is C11H11P. The van der Waals surface area contributed by atoms with E-state index in [1.54, 1.807) is 10.7 Å². The highest BCUT2D eigenvalue weighted by molar-refractivity contribution is 7.31. The van der Waals surface area contributed by atoms with Crippen molar-refractivity contribution in [2.45, 2.75) is 18.8 Å². The Labute approximate surface area is 73.7 Å². The Balaban J connectivity index is 2.30. The summed E-state index contributed by atoms with van der Waals surface area (Å²) < 4.78 is 0. The van der Waals surface area contributed by atoms with Crippen molar-refractivity contribution in [1.29, 1.82) is 0 Å². The van der Waals surface area contributed by atoms with Gasteiger partial charge in [-0.15, -0.1) is 8.19 Å². The van der Waals surface area contributed by atoms with E-state index in [0.717, 1.165) is 14.1 Å². The zero-order valence-corrected chi connectivity index (χ0v) is 7.88. The minimum Gasteiger partial charge on any atom is -0.135 e. The van der Waals surface area contributed by atoms with Crippen LogP contribution in [0, 0.1) is 0 Å². The van der Waals surface area contributed by atoms with E-state index in [0.29, 0.717) is 0 Å². The first-order valence-electron chi connectivity index (χ1n) is 4.51. The second-order valence-corrected chi connectivity index (χ2v) is 4.68. The van der Waals surface area contributed by atoms with E-state index < -0.39 is 0 Å². The molecule has 60 valence electrons. The highest BCUT2D eigenvalue weighted by Crippen LogP contribution is 2.47. The Morgan fingerprint density at radius 3 is 2.83 bits per heavy atom. The Hall–Kier alpha value is -0.740. The summed E-state index contributed by atoms with van der Waals surface area (Å²) in [6.45, 7) is 0. The van der Waals surface area contributed by atoms with Gasteiger partial charge < -0.3 is 0 Å². The van der Waals surface area contributed by atoms with Crippen molar-refractivity contribution in [3.8, 4) is 0 Å². The fraction of sp³-hybridized carbons (Fsp3) is 0.273. The van der Waals surface area contributed by atoms with Gasteiger partial charge in [-0.1, -0.05) is 24.3 Å². The van der Waals surface area contributed by atoms with Gasteiger partial charge in [-0.05, 0) is 40.6 Å². The van der Waals surface area contributed by atoms with Gasteiger partial charge in [-0.25, -0.2) is 0 Å². The van der Waals surface area contributed by atoms with Gasteiger partial charge in [-0.2, -0.15) is 0 Å². The highest BCUT2D eigenvalue weighted by Gasteiger charge is 2.25. The van der Waals surface area contributed by atoms with E-state index in [4.69, 9.17) is 0 Å². The van der Waals surface area contributed by atoms with Crippen LogP contribution in [0.2, 0.25) is 0 Å². The van der Waals surface area contributed by atoms with Gasteiger partial charge in [0.15, 0.2) is 0 Å². The average Bonchev–Trinajstić information content (AvgIpc) is 2.86. The van der Waals surface area contributed by atoms with Crippen LogP contribution in [0.4, 0.5) is 0 Å². The molecule has 0 nitrogen and oxygen atoms in total. The van der Waals surface area contributed by atoms with Gasteiger partial charge in [0.1, 0.15) is 0 Å². The molecule has 0 bridgehead atoms. The molecule has 12 heavy (non-hydrogen) atoms. The van der Waals surface area contributed by atoms with E-state index in [1.165, 1.54) is 18.2 Å². The lowest BCUT2D eigenvalue weighted by atomic mass is 10.1. The number of hydrogen-bond acceptors (Lipinski definition) is 0. The van der Waals surface area contributed by atoms with E-state index in [-0.39, 0.29) is 0 Å². The van der Waals surface area contributed by atoms with E-state index >= 15 is 0 Å². The normalized spacial score (nSPS) is 17.7. The highest BCUT2D eigenvalue weighted by atomic mass is 31.0. The quantitative estimate of drug-likeness (QED) is 0.617. The zero-order valence-electron chi connectivity index (χ0n) is 6.88. The molecule has 1 heterocycles. The number of fused-ring (bicyclic) bond motifs is 1. The maximum atomic E-state index is 2.39. The first-order chi connectivity index (χ1) is 5.95. The molecule has 0 aliphatic heterocycles. The first-order valence-corrected chi connectivity index (χ1v) is 5.59. The number of rotatable bonds is 1. The van der Waals surface area contributed by atoms with E-state index in [1.807, 2.05) is 0 Å². The molecule has 0 saturated heterocycles. The molecule has 1 saturated carbocycles. The molecule has 1 heteroatoms. The first kappa shape index (κ1) is 6.74. The van der Waals surface area contributed by atoms with Crippen LogP contribution >= 0.6 is 8.19 Å². The SMILES string of the molecule is c1ccc2c(C3CC3)[pH]cc2c1. The van der Waals surface area contributed by atoms with Crippen LogP contribution in [0.5, 0.6) is 0 Å². The van der Waals surface area contributed by atoms with Gasteiger partial charge in [-0.3, -0.25) is 0 Å². The molecule has 1 atom stereocenters. The monoisotopic (exact) mass is 174 g/mol. The summed E-state index contributed by atoms with van der Waals surface area (Å²) in [5, 5.41) is 4.74. The molecule has 1 aliphatic carbocycles. The Kier molecular flexibility index (Phi) is 1.33. The summed E-state index contributed by atoms with van der Waals surface area (Å²) in [6, 6.07) is 8.80. The van der Waals surface area contributed by atoms with Crippen LogP contribution in [-0.2, 0) is 0 Å². The smallest absolute Gasteiger partial charge is 0.0109 e. The summed E-state index contributed by atoms with van der Waals surface area (Å²) in [6.07, 6.45) is 2.87. The maximum Gasteiger partial charge on any atom is -0.0109 e. The maximum absolute atomic E-state index is 2.39. The zero-order chi connectivity index (χ0) is 7.97. The minimum atomic E-state index is 0.947. The summed E-state index contributed by atoms with van der Waals surface area (Å²) in [5.74, 6) is 3.34. The minimum absolute atomic E-state index is 0.947. The van der Waals surface area contributed by atoms with Crippen molar-refractivity contribution in [2.75, 3.05) is 0 Å². The lowest BCUT2D eigenvalue weighted by molar-refractivity contribution is 1.20. The van der Waals surface area contributed by atoms with Crippen molar-refractivity contribution < 1.29 is 0 Å². The molecule has 0 N–H and O–H groups in total. The lowest BCUT2D eigenvalue weighted by Gasteiger charge is -1.93. The summed E-state index contributed by atoms with van der Waals surface area (Å²) >= 11 is 0. The van der Waals surface area contributed by atoms with E-state index in [9.17, 15) is 0 Å². The molecular weight excluding hydrogens is 163 g/mol. The van der Waals surface area contributed by atoms with Gasteiger partial charge in [0.25, 0.3) is 0 Å². The predicted octanol–water partition coefficient (Wildman–Crippen LogP) is 3.75. The standard InChI is InChI=1S/C11H11P/c1-2-4-10-9(3-1)7-12-11(10)8-5-6-8/h1-4,7-8,12H,5-6H2. The van der Waals surface area contributed by atoms with Crippen LogP contribution in [0.15, 0.2) is 30.1 Å². The van der Waals surface area contributed by atoms with Crippen molar-refractivity contribution in [3.05, 3.63) is 35.4 Å². The van der Waals surface area contributed by atoms with Crippen molar-refractivity contribution in [1.82, 2.24) is 0 Å². The second-order valence-electron chi connectivity index (χ2n) is 3.56. The molecule has 0 radical (unpaired) electrons. The molecule has 1 aromatic heterocycles. The fourth-order valence-corrected chi connectivity index (χ4v) is 3.28. The van der Waals surface area contributed by atoms with Crippen LogP contribution in [0.1, 0.15) is 24.1 Å². The Morgan fingerprint density at radius 1 is 1.17 bits per heavy atom. The molecule has 0 spiro atoms. The van der Waals surface area contributed by atoms with Crippen LogP contribution in [0.3, 0.4) is 0 Å². The van der Waals surface area contributed by atoms with Gasteiger partial charge in [0, 0.05) is 0 Å². The largest absolute Gasteiger partial charge is 0.135 e. The van der Waals surface area contributed by atoms with Gasteiger partial charge in [0.2, 0.25) is 0 Å². The molecule has 1 aliphatic rings. The third kappa shape index (κ3) is 0.916. The lowest BCUT2D eigenvalue weighted by Crippen LogP contribution is -1.70. The topological polar surface area (TPSA) is 0 Å². The van der Waals surface area contributed by atoms with Crippen molar-refractivity contribution in [3.63, 3.8) is 0 Å². The molecule has 3 rings (SSSR count). The Bertz CT molecular complexity index is 410. The summed E-state index contributed by atoms with van der Waals surface area (Å²) in [4.78, 5) is 0. The van der Waals surface area contributed by atoms with E-state index in [2.05, 4.69) is 30.1 Å². The average molecular weight is 174 g/mol. The van der Waals surface area contributed by atoms with Crippen molar-refractivity contribution >= 4 is 19.0 Å².